The molecule has 0 aromatic carbocycles. The quantitative estimate of drug-likeness (QED) is 0.580. The molecule has 0 bridgehead atoms. The van der Waals surface area contributed by atoms with Crippen LogP contribution in [0.15, 0.2) is 4.99 Å². The zero-order valence-corrected chi connectivity index (χ0v) is 11.0. The number of hydrogen-bond acceptors (Lipinski definition) is 3. The van der Waals surface area contributed by atoms with Crippen molar-refractivity contribution in [2.24, 2.45) is 10.7 Å². The van der Waals surface area contributed by atoms with Gasteiger partial charge >= 0.3 is 0 Å². The van der Waals surface area contributed by atoms with E-state index in [0.29, 0.717) is 5.96 Å². The van der Waals surface area contributed by atoms with Crippen molar-refractivity contribution in [2.45, 2.75) is 43.9 Å². The molecule has 2 N–H and O–H groups in total. The van der Waals surface area contributed by atoms with E-state index in [1.807, 2.05) is 25.9 Å². The lowest BCUT2D eigenvalue weighted by Gasteiger charge is -2.50. The number of rotatable bonds is 3. The molecule has 2 aliphatic rings. The summed E-state index contributed by atoms with van der Waals surface area (Å²) in [6.45, 7) is 3.57. The van der Waals surface area contributed by atoms with Crippen LogP contribution >= 0.6 is 0 Å². The van der Waals surface area contributed by atoms with E-state index in [1.54, 1.807) is 0 Å². The SMILES string of the molecule is CCOC1CC(N=C(N)N(C)C)C12CCCO2. The second-order valence-corrected chi connectivity index (χ2v) is 4.98. The van der Waals surface area contributed by atoms with Crippen molar-refractivity contribution >= 4 is 5.96 Å². The van der Waals surface area contributed by atoms with Crippen LogP contribution in [0.4, 0.5) is 0 Å². The van der Waals surface area contributed by atoms with Crippen molar-refractivity contribution in [1.29, 1.82) is 0 Å². The molecule has 1 heterocycles. The molecule has 0 aromatic rings. The zero-order chi connectivity index (χ0) is 12.5. The van der Waals surface area contributed by atoms with Crippen LogP contribution < -0.4 is 5.73 Å². The van der Waals surface area contributed by atoms with E-state index in [4.69, 9.17) is 15.2 Å². The molecule has 0 aromatic heterocycles. The van der Waals surface area contributed by atoms with Crippen molar-refractivity contribution < 1.29 is 9.47 Å². The molecule has 1 aliphatic carbocycles. The molecular weight excluding hydrogens is 218 g/mol. The van der Waals surface area contributed by atoms with Gasteiger partial charge in [-0.1, -0.05) is 0 Å². The molecule has 1 saturated heterocycles. The van der Waals surface area contributed by atoms with Gasteiger partial charge in [-0.2, -0.15) is 0 Å². The van der Waals surface area contributed by atoms with E-state index in [-0.39, 0.29) is 17.7 Å². The summed E-state index contributed by atoms with van der Waals surface area (Å²) in [5.41, 5.74) is 5.68. The summed E-state index contributed by atoms with van der Waals surface area (Å²) in [6.07, 6.45) is 3.24. The summed E-state index contributed by atoms with van der Waals surface area (Å²) >= 11 is 0. The molecule has 2 rings (SSSR count). The van der Waals surface area contributed by atoms with Crippen LogP contribution in [-0.2, 0) is 9.47 Å². The average Bonchev–Trinajstić information content (AvgIpc) is 2.79. The van der Waals surface area contributed by atoms with Crippen LogP contribution in [0.3, 0.4) is 0 Å². The Balaban J connectivity index is 2.08. The molecule has 0 radical (unpaired) electrons. The predicted molar refractivity (Wildman–Crippen MR) is 67.0 cm³/mol. The highest BCUT2D eigenvalue weighted by Crippen LogP contribution is 2.47. The first-order valence-electron chi connectivity index (χ1n) is 6.36. The van der Waals surface area contributed by atoms with Gasteiger partial charge in [-0.05, 0) is 19.8 Å². The fourth-order valence-corrected chi connectivity index (χ4v) is 2.70. The summed E-state index contributed by atoms with van der Waals surface area (Å²) in [4.78, 5) is 6.39. The third-order valence-corrected chi connectivity index (χ3v) is 3.74. The van der Waals surface area contributed by atoms with Crippen LogP contribution in [0.1, 0.15) is 26.2 Å². The van der Waals surface area contributed by atoms with Gasteiger partial charge in [-0.15, -0.1) is 0 Å². The number of nitrogens with two attached hydrogens (primary N) is 1. The first-order chi connectivity index (χ1) is 8.10. The van der Waals surface area contributed by atoms with E-state index in [9.17, 15) is 0 Å². The second kappa shape index (κ2) is 4.82. The Kier molecular flexibility index (Phi) is 3.58. The van der Waals surface area contributed by atoms with Gasteiger partial charge in [0.1, 0.15) is 5.60 Å². The lowest BCUT2D eigenvalue weighted by molar-refractivity contribution is -0.189. The fraction of sp³-hybridized carbons (Fsp3) is 0.917. The molecule has 98 valence electrons. The largest absolute Gasteiger partial charge is 0.375 e. The number of guanidine groups is 1. The molecule has 2 fully saturated rings. The van der Waals surface area contributed by atoms with E-state index < -0.39 is 0 Å². The summed E-state index contributed by atoms with van der Waals surface area (Å²) in [5.74, 6) is 0.569. The van der Waals surface area contributed by atoms with E-state index in [0.717, 1.165) is 32.5 Å². The molecule has 5 nitrogen and oxygen atoms in total. The first kappa shape index (κ1) is 12.6. The van der Waals surface area contributed by atoms with Gasteiger partial charge in [0.2, 0.25) is 0 Å². The highest BCUT2D eigenvalue weighted by Gasteiger charge is 2.59. The van der Waals surface area contributed by atoms with Gasteiger partial charge in [0.25, 0.3) is 0 Å². The third kappa shape index (κ3) is 2.13. The van der Waals surface area contributed by atoms with E-state index in [2.05, 4.69) is 4.99 Å². The highest BCUT2D eigenvalue weighted by molar-refractivity contribution is 5.77. The Morgan fingerprint density at radius 1 is 1.59 bits per heavy atom. The lowest BCUT2D eigenvalue weighted by Crippen LogP contribution is -2.63. The number of ether oxygens (including phenoxy) is 2. The van der Waals surface area contributed by atoms with Crippen molar-refractivity contribution in [3.63, 3.8) is 0 Å². The molecular formula is C12H23N3O2. The fourth-order valence-electron chi connectivity index (χ4n) is 2.70. The van der Waals surface area contributed by atoms with E-state index >= 15 is 0 Å². The standard InChI is InChI=1S/C12H23N3O2/c1-4-16-10-8-9(14-11(13)15(2)3)12(10)6-5-7-17-12/h9-10H,4-8H2,1-3H3,(H2,13,14). The maximum atomic E-state index is 5.93. The van der Waals surface area contributed by atoms with Crippen molar-refractivity contribution in [3.05, 3.63) is 0 Å². The second-order valence-electron chi connectivity index (χ2n) is 4.98. The Hall–Kier alpha value is -0.810. The average molecular weight is 241 g/mol. The molecule has 1 spiro atoms. The van der Waals surface area contributed by atoms with Crippen molar-refractivity contribution in [1.82, 2.24) is 4.90 Å². The smallest absolute Gasteiger partial charge is 0.191 e. The van der Waals surface area contributed by atoms with Gasteiger partial charge in [-0.25, -0.2) is 4.99 Å². The Bertz CT molecular complexity index is 298. The third-order valence-electron chi connectivity index (χ3n) is 3.74. The van der Waals surface area contributed by atoms with Crippen LogP contribution in [0, 0.1) is 0 Å². The maximum Gasteiger partial charge on any atom is 0.191 e. The summed E-state index contributed by atoms with van der Waals surface area (Å²) in [6, 6.07) is 0.156. The van der Waals surface area contributed by atoms with E-state index in [1.165, 1.54) is 0 Å². The first-order valence-corrected chi connectivity index (χ1v) is 6.36. The molecule has 1 aliphatic heterocycles. The molecule has 3 unspecified atom stereocenters. The molecule has 1 saturated carbocycles. The summed E-state index contributed by atoms with van der Waals surface area (Å²) in [7, 11) is 3.80. The minimum absolute atomic E-state index is 0.156. The van der Waals surface area contributed by atoms with Gasteiger partial charge in [-0.3, -0.25) is 0 Å². The van der Waals surface area contributed by atoms with Crippen molar-refractivity contribution in [2.75, 3.05) is 27.3 Å². The zero-order valence-electron chi connectivity index (χ0n) is 11.0. The Labute approximate surface area is 103 Å². The predicted octanol–water partition coefficient (Wildman–Crippen LogP) is 0.589. The van der Waals surface area contributed by atoms with Gasteiger partial charge in [0.05, 0.1) is 12.1 Å². The van der Waals surface area contributed by atoms with Crippen LogP contribution in [0.2, 0.25) is 0 Å². The number of hydrogen-bond donors (Lipinski definition) is 1. The van der Waals surface area contributed by atoms with Crippen LogP contribution in [-0.4, -0.2) is 55.9 Å². The maximum absolute atomic E-state index is 5.93. The minimum Gasteiger partial charge on any atom is -0.375 e. The molecule has 17 heavy (non-hydrogen) atoms. The van der Waals surface area contributed by atoms with Gasteiger partial charge in [0, 0.05) is 33.7 Å². The molecule has 3 atom stereocenters. The molecule has 5 heteroatoms. The topological polar surface area (TPSA) is 60.1 Å². The number of aliphatic imine (C=N–C) groups is 1. The summed E-state index contributed by atoms with van der Waals surface area (Å²) in [5, 5.41) is 0. The minimum atomic E-state index is -0.198. The van der Waals surface area contributed by atoms with Crippen molar-refractivity contribution in [3.8, 4) is 0 Å². The lowest BCUT2D eigenvalue weighted by atomic mass is 9.70. The normalized spacial score (nSPS) is 37.2. The monoisotopic (exact) mass is 241 g/mol. The molecule has 0 amide bonds. The Morgan fingerprint density at radius 2 is 2.35 bits per heavy atom. The van der Waals surface area contributed by atoms with Gasteiger partial charge < -0.3 is 20.1 Å². The van der Waals surface area contributed by atoms with Crippen LogP contribution in [0.25, 0.3) is 0 Å². The number of nitrogens with zero attached hydrogens (tertiary/aromatic N) is 2. The summed E-state index contributed by atoms with van der Waals surface area (Å²) < 4.78 is 11.7. The van der Waals surface area contributed by atoms with Gasteiger partial charge in [0.15, 0.2) is 5.96 Å². The highest BCUT2D eigenvalue weighted by atomic mass is 16.6. The van der Waals surface area contributed by atoms with Crippen LogP contribution in [0.5, 0.6) is 0 Å². The Morgan fingerprint density at radius 3 is 2.88 bits per heavy atom.